The maximum atomic E-state index is 12.3. The van der Waals surface area contributed by atoms with Gasteiger partial charge in [0, 0.05) is 6.42 Å². The van der Waals surface area contributed by atoms with Gasteiger partial charge in [-0.05, 0) is 36.3 Å². The van der Waals surface area contributed by atoms with Crippen molar-refractivity contribution in [3.05, 3.63) is 35.4 Å². The van der Waals surface area contributed by atoms with Gasteiger partial charge in [-0.2, -0.15) is 0 Å². The molecule has 0 radical (unpaired) electrons. The summed E-state index contributed by atoms with van der Waals surface area (Å²) in [5.41, 5.74) is 2.42. The molecule has 1 aliphatic carbocycles. The van der Waals surface area contributed by atoms with Crippen LogP contribution in [0.15, 0.2) is 24.3 Å². The first kappa shape index (κ1) is 9.63. The van der Waals surface area contributed by atoms with Gasteiger partial charge in [0.25, 0.3) is 0 Å². The quantitative estimate of drug-likeness (QED) is 0.675. The monoisotopic (exact) mass is 196 g/mol. The molecule has 1 aliphatic rings. The molecule has 0 fully saturated rings. The summed E-state index contributed by atoms with van der Waals surface area (Å²) in [5.74, 6) is 0.0833. The van der Waals surface area contributed by atoms with Gasteiger partial charge in [-0.25, -0.2) is 8.78 Å². The standard InChI is InChI=1S/C12H14F2/c13-12(14)8-10-6-3-5-9-4-1-2-7-11(9)10/h1-2,4,7,10,12H,3,5-6,8H2. The van der Waals surface area contributed by atoms with E-state index in [1.165, 1.54) is 5.56 Å². The van der Waals surface area contributed by atoms with Crippen LogP contribution in [0.3, 0.4) is 0 Å². The number of rotatable bonds is 2. The third kappa shape index (κ3) is 1.94. The Bertz CT molecular complexity index is 307. The van der Waals surface area contributed by atoms with Crippen molar-refractivity contribution in [3.63, 3.8) is 0 Å². The van der Waals surface area contributed by atoms with Crippen LogP contribution < -0.4 is 0 Å². The van der Waals surface area contributed by atoms with Gasteiger partial charge in [0.1, 0.15) is 0 Å². The number of hydrogen-bond acceptors (Lipinski definition) is 0. The molecule has 76 valence electrons. The minimum absolute atomic E-state index is 0.0248. The zero-order valence-electron chi connectivity index (χ0n) is 8.05. The highest BCUT2D eigenvalue weighted by atomic mass is 19.3. The van der Waals surface area contributed by atoms with Crippen LogP contribution in [-0.4, -0.2) is 6.43 Å². The van der Waals surface area contributed by atoms with E-state index in [1.807, 2.05) is 18.2 Å². The molecule has 0 saturated heterocycles. The molecule has 0 amide bonds. The van der Waals surface area contributed by atoms with Gasteiger partial charge in [-0.15, -0.1) is 0 Å². The van der Waals surface area contributed by atoms with Crippen molar-refractivity contribution in [2.24, 2.45) is 0 Å². The van der Waals surface area contributed by atoms with Gasteiger partial charge >= 0.3 is 0 Å². The Morgan fingerprint density at radius 3 is 2.86 bits per heavy atom. The smallest absolute Gasteiger partial charge is 0.211 e. The van der Waals surface area contributed by atoms with E-state index in [0.717, 1.165) is 24.8 Å². The van der Waals surface area contributed by atoms with E-state index >= 15 is 0 Å². The average molecular weight is 196 g/mol. The van der Waals surface area contributed by atoms with Crippen molar-refractivity contribution in [1.82, 2.24) is 0 Å². The van der Waals surface area contributed by atoms with E-state index < -0.39 is 6.43 Å². The topological polar surface area (TPSA) is 0 Å². The summed E-state index contributed by atoms with van der Waals surface area (Å²) in [5, 5.41) is 0. The van der Waals surface area contributed by atoms with E-state index in [4.69, 9.17) is 0 Å². The van der Waals surface area contributed by atoms with Crippen LogP contribution in [0, 0.1) is 0 Å². The SMILES string of the molecule is FC(F)CC1CCCc2ccccc21. The molecule has 1 aromatic carbocycles. The molecular formula is C12H14F2. The number of halogens is 2. The Morgan fingerprint density at radius 2 is 2.07 bits per heavy atom. The number of hydrogen-bond donors (Lipinski definition) is 0. The van der Waals surface area contributed by atoms with E-state index in [9.17, 15) is 8.78 Å². The highest BCUT2D eigenvalue weighted by Crippen LogP contribution is 2.35. The fraction of sp³-hybridized carbons (Fsp3) is 0.500. The number of alkyl halides is 2. The summed E-state index contributed by atoms with van der Waals surface area (Å²) >= 11 is 0. The Morgan fingerprint density at radius 1 is 1.29 bits per heavy atom. The summed E-state index contributed by atoms with van der Waals surface area (Å²) in [7, 11) is 0. The third-order valence-electron chi connectivity index (χ3n) is 2.96. The van der Waals surface area contributed by atoms with Gasteiger partial charge in [0.2, 0.25) is 6.43 Å². The second kappa shape index (κ2) is 4.07. The van der Waals surface area contributed by atoms with E-state index in [1.54, 1.807) is 0 Å². The molecule has 1 atom stereocenters. The number of aryl methyl sites for hydroxylation is 1. The fourth-order valence-corrected chi connectivity index (χ4v) is 2.31. The van der Waals surface area contributed by atoms with Gasteiger partial charge in [0.15, 0.2) is 0 Å². The Balaban J connectivity index is 2.22. The molecule has 0 nitrogen and oxygen atoms in total. The highest BCUT2D eigenvalue weighted by molar-refractivity contribution is 5.32. The predicted octanol–water partition coefficient (Wildman–Crippen LogP) is 3.76. The molecule has 1 aromatic rings. The van der Waals surface area contributed by atoms with Crippen LogP contribution in [0.1, 0.15) is 36.3 Å². The molecule has 0 saturated carbocycles. The van der Waals surface area contributed by atoms with Crippen molar-refractivity contribution in [1.29, 1.82) is 0 Å². The number of benzene rings is 1. The summed E-state index contributed by atoms with van der Waals surface area (Å²) in [6, 6.07) is 8.00. The molecule has 0 heterocycles. The van der Waals surface area contributed by atoms with Gasteiger partial charge in [-0.1, -0.05) is 24.3 Å². The zero-order chi connectivity index (χ0) is 9.97. The third-order valence-corrected chi connectivity index (χ3v) is 2.96. The molecular weight excluding hydrogens is 182 g/mol. The lowest BCUT2D eigenvalue weighted by molar-refractivity contribution is 0.125. The van der Waals surface area contributed by atoms with Gasteiger partial charge in [-0.3, -0.25) is 0 Å². The predicted molar refractivity (Wildman–Crippen MR) is 52.7 cm³/mol. The first-order chi connectivity index (χ1) is 6.77. The largest absolute Gasteiger partial charge is 0.239 e. The van der Waals surface area contributed by atoms with Crippen LogP contribution in [0.4, 0.5) is 8.78 Å². The second-order valence-corrected chi connectivity index (χ2v) is 3.91. The first-order valence-corrected chi connectivity index (χ1v) is 5.13. The molecule has 0 aliphatic heterocycles. The van der Waals surface area contributed by atoms with Crippen molar-refractivity contribution in [2.45, 2.75) is 38.0 Å². The lowest BCUT2D eigenvalue weighted by Crippen LogP contribution is -2.12. The molecule has 0 aromatic heterocycles. The zero-order valence-corrected chi connectivity index (χ0v) is 8.05. The van der Waals surface area contributed by atoms with E-state index in [-0.39, 0.29) is 12.3 Å². The average Bonchev–Trinajstić information content (AvgIpc) is 2.18. The molecule has 2 heteroatoms. The summed E-state index contributed by atoms with van der Waals surface area (Å²) in [6.45, 7) is 0. The lowest BCUT2D eigenvalue weighted by Gasteiger charge is -2.25. The Labute approximate surface area is 82.9 Å². The van der Waals surface area contributed by atoms with Crippen molar-refractivity contribution < 1.29 is 8.78 Å². The molecule has 14 heavy (non-hydrogen) atoms. The summed E-state index contributed by atoms with van der Waals surface area (Å²) in [6.07, 6.45) is 0.869. The lowest BCUT2D eigenvalue weighted by atomic mass is 9.81. The van der Waals surface area contributed by atoms with Gasteiger partial charge < -0.3 is 0 Å². The normalized spacial score (nSPS) is 20.9. The Kier molecular flexibility index (Phi) is 2.80. The molecule has 0 spiro atoms. The van der Waals surface area contributed by atoms with Crippen LogP contribution in [0.2, 0.25) is 0 Å². The fourth-order valence-electron chi connectivity index (χ4n) is 2.31. The van der Waals surface area contributed by atoms with E-state index in [0.29, 0.717) is 0 Å². The second-order valence-electron chi connectivity index (χ2n) is 3.91. The maximum absolute atomic E-state index is 12.3. The minimum Gasteiger partial charge on any atom is -0.211 e. The number of fused-ring (bicyclic) bond motifs is 1. The maximum Gasteiger partial charge on any atom is 0.239 e. The molecule has 1 unspecified atom stereocenters. The van der Waals surface area contributed by atoms with Crippen LogP contribution >= 0.6 is 0 Å². The molecule has 0 bridgehead atoms. The summed E-state index contributed by atoms with van der Waals surface area (Å²) < 4.78 is 24.6. The molecule has 0 N–H and O–H groups in total. The minimum atomic E-state index is -2.17. The van der Waals surface area contributed by atoms with E-state index in [2.05, 4.69) is 6.07 Å². The first-order valence-electron chi connectivity index (χ1n) is 5.13. The van der Waals surface area contributed by atoms with Crippen LogP contribution in [0.5, 0.6) is 0 Å². The van der Waals surface area contributed by atoms with Crippen molar-refractivity contribution in [2.75, 3.05) is 0 Å². The van der Waals surface area contributed by atoms with Crippen LogP contribution in [0.25, 0.3) is 0 Å². The van der Waals surface area contributed by atoms with Crippen molar-refractivity contribution in [3.8, 4) is 0 Å². The molecule has 2 rings (SSSR count). The van der Waals surface area contributed by atoms with Crippen LogP contribution in [-0.2, 0) is 6.42 Å². The van der Waals surface area contributed by atoms with Gasteiger partial charge in [0.05, 0.1) is 0 Å². The van der Waals surface area contributed by atoms with Crippen molar-refractivity contribution >= 4 is 0 Å². The Hall–Kier alpha value is -0.920. The summed E-state index contributed by atoms with van der Waals surface area (Å²) in [4.78, 5) is 0. The highest BCUT2D eigenvalue weighted by Gasteiger charge is 2.22.